The van der Waals surface area contributed by atoms with Gasteiger partial charge in [-0.25, -0.2) is 24.3 Å². The second-order valence-corrected chi connectivity index (χ2v) is 3.70. The van der Waals surface area contributed by atoms with E-state index in [1.807, 2.05) is 91.0 Å². The number of hydrogen-bond donors (Lipinski definition) is 0. The molecule has 0 atom stereocenters. The van der Waals surface area contributed by atoms with Crippen LogP contribution in [0.2, 0.25) is 0 Å². The molecule has 108 valence electrons. The summed E-state index contributed by atoms with van der Waals surface area (Å²) in [6.07, 6.45) is 0. The minimum Gasteiger partial charge on any atom is -0.855 e. The molecule has 1 nitrogen and oxygen atoms in total. The smallest absolute Gasteiger partial charge is 0.855 e. The van der Waals surface area contributed by atoms with Crippen LogP contribution in [0.4, 0.5) is 0 Å². The first-order valence-corrected chi connectivity index (χ1v) is 6.59. The Morgan fingerprint density at radius 1 is 0.810 bits per heavy atom. The molecule has 0 unspecified atom stereocenters. The molecule has 0 amide bonds. The van der Waals surface area contributed by atoms with Crippen molar-refractivity contribution in [1.82, 2.24) is 0 Å². The summed E-state index contributed by atoms with van der Waals surface area (Å²) in [7, 11) is 0. The molecule has 3 rings (SSSR count). The standard InChI is InChI=1S/C7H7.2C5H5.C2H5O.Hf/c1-7-5-3-2-4-6-7;2*1-2-4-5-3-1;1-2-3;/h2-6H,1H2;2*1-5H;2H2,1H3;/q4*-1;+4. The van der Waals surface area contributed by atoms with Gasteiger partial charge in [-0.1, -0.05) is 13.0 Å². The Morgan fingerprint density at radius 2 is 1.14 bits per heavy atom. The van der Waals surface area contributed by atoms with E-state index in [2.05, 4.69) is 6.92 Å². The van der Waals surface area contributed by atoms with E-state index in [1.54, 1.807) is 6.92 Å². The largest absolute Gasteiger partial charge is 4.00 e. The summed E-state index contributed by atoms with van der Waals surface area (Å²) in [6, 6.07) is 29.9. The molecular weight excluding hydrogens is 423 g/mol. The Kier molecular flexibility index (Phi) is 19.4. The number of benzene rings is 1. The van der Waals surface area contributed by atoms with Crippen molar-refractivity contribution in [2.75, 3.05) is 6.61 Å². The van der Waals surface area contributed by atoms with Crippen molar-refractivity contribution in [1.29, 1.82) is 0 Å². The Morgan fingerprint density at radius 3 is 1.29 bits per heavy atom. The van der Waals surface area contributed by atoms with Crippen LogP contribution in [0.15, 0.2) is 91.0 Å². The molecule has 2 heteroatoms. The topological polar surface area (TPSA) is 23.1 Å². The van der Waals surface area contributed by atoms with Gasteiger partial charge in [0.2, 0.25) is 0 Å². The van der Waals surface area contributed by atoms with Gasteiger partial charge in [-0.15, -0.1) is 18.7 Å². The average Bonchev–Trinajstić information content (AvgIpc) is 3.20. The molecule has 0 radical (unpaired) electrons. The maximum atomic E-state index is 8.93. The van der Waals surface area contributed by atoms with Crippen molar-refractivity contribution in [2.45, 2.75) is 6.92 Å². The van der Waals surface area contributed by atoms with Crippen LogP contribution in [0.3, 0.4) is 0 Å². The van der Waals surface area contributed by atoms with Crippen molar-refractivity contribution < 1.29 is 30.9 Å². The van der Waals surface area contributed by atoms with E-state index in [-0.39, 0.29) is 32.5 Å². The molecule has 0 saturated carbocycles. The molecule has 0 aliphatic rings. The molecule has 3 aromatic carbocycles. The zero-order chi connectivity index (χ0) is 14.9. The second kappa shape index (κ2) is 18.6. The summed E-state index contributed by atoms with van der Waals surface area (Å²) in [6.45, 7) is 5.29. The van der Waals surface area contributed by atoms with E-state index in [0.717, 1.165) is 5.56 Å². The van der Waals surface area contributed by atoms with E-state index in [1.165, 1.54) is 0 Å². The molecule has 3 aromatic rings. The molecule has 0 spiro atoms. The predicted molar refractivity (Wildman–Crippen MR) is 85.5 cm³/mol. The van der Waals surface area contributed by atoms with Crippen molar-refractivity contribution in [3.05, 3.63) is 103 Å². The molecular formula is C19H22HfO. The fraction of sp³-hybridized carbons (Fsp3) is 0.105. The Labute approximate surface area is 147 Å². The maximum Gasteiger partial charge on any atom is 4.00 e. The van der Waals surface area contributed by atoms with E-state index in [4.69, 9.17) is 5.11 Å². The first-order valence-electron chi connectivity index (χ1n) is 6.59. The van der Waals surface area contributed by atoms with Gasteiger partial charge in [-0.3, -0.25) is 0 Å². The molecule has 0 heterocycles. The van der Waals surface area contributed by atoms with Gasteiger partial charge in [0.25, 0.3) is 0 Å². The first kappa shape index (κ1) is 21.9. The van der Waals surface area contributed by atoms with Crippen molar-refractivity contribution in [2.24, 2.45) is 0 Å². The fourth-order valence-electron chi connectivity index (χ4n) is 1.12. The molecule has 0 aliphatic carbocycles. The Balaban J connectivity index is 0. The van der Waals surface area contributed by atoms with E-state index < -0.39 is 0 Å². The zero-order valence-electron chi connectivity index (χ0n) is 12.5. The van der Waals surface area contributed by atoms with Gasteiger partial charge >= 0.3 is 25.8 Å². The van der Waals surface area contributed by atoms with Gasteiger partial charge in [-0.2, -0.15) is 61.0 Å². The molecule has 0 aromatic heterocycles. The third-order valence-electron chi connectivity index (χ3n) is 1.95. The van der Waals surface area contributed by atoms with Crippen LogP contribution in [0.5, 0.6) is 0 Å². The van der Waals surface area contributed by atoms with Crippen LogP contribution in [-0.2, 0) is 25.8 Å². The van der Waals surface area contributed by atoms with Gasteiger partial charge < -0.3 is 5.11 Å². The van der Waals surface area contributed by atoms with Crippen LogP contribution in [-0.4, -0.2) is 6.61 Å². The van der Waals surface area contributed by atoms with Gasteiger partial charge in [0.1, 0.15) is 0 Å². The second-order valence-electron chi connectivity index (χ2n) is 3.70. The van der Waals surface area contributed by atoms with Gasteiger partial charge in [0.05, 0.1) is 0 Å². The minimum absolute atomic E-state index is 0. The fourth-order valence-corrected chi connectivity index (χ4v) is 1.12. The summed E-state index contributed by atoms with van der Waals surface area (Å²) in [4.78, 5) is 0. The van der Waals surface area contributed by atoms with E-state index >= 15 is 0 Å². The monoisotopic (exact) mass is 446 g/mol. The SMILES string of the molecule is CC[O-].[CH2-]c1ccccc1.[Hf+4].c1cc[cH-]c1.c1cc[cH-]c1. The Hall–Kier alpha value is -1.38. The van der Waals surface area contributed by atoms with Gasteiger partial charge in [0.15, 0.2) is 0 Å². The summed E-state index contributed by atoms with van der Waals surface area (Å²) in [5, 5.41) is 8.93. The van der Waals surface area contributed by atoms with Gasteiger partial charge in [-0.05, 0) is 0 Å². The minimum atomic E-state index is 0. The van der Waals surface area contributed by atoms with Crippen LogP contribution >= 0.6 is 0 Å². The normalized spacial score (nSPS) is 7.52. The number of rotatable bonds is 0. The summed E-state index contributed by atoms with van der Waals surface area (Å²) in [5.41, 5.74) is 1.07. The summed E-state index contributed by atoms with van der Waals surface area (Å²) < 4.78 is 0. The van der Waals surface area contributed by atoms with Crippen molar-refractivity contribution in [3.8, 4) is 0 Å². The summed E-state index contributed by atoms with van der Waals surface area (Å²) >= 11 is 0. The van der Waals surface area contributed by atoms with Crippen LogP contribution in [0.1, 0.15) is 12.5 Å². The van der Waals surface area contributed by atoms with Gasteiger partial charge in [0, 0.05) is 0 Å². The average molecular weight is 445 g/mol. The zero-order valence-corrected chi connectivity index (χ0v) is 16.1. The van der Waals surface area contributed by atoms with E-state index in [0.29, 0.717) is 0 Å². The Bertz CT molecular complexity index is 383. The third-order valence-corrected chi connectivity index (χ3v) is 1.95. The molecule has 0 fully saturated rings. The van der Waals surface area contributed by atoms with E-state index in [9.17, 15) is 0 Å². The molecule has 0 N–H and O–H groups in total. The molecule has 0 aliphatic heterocycles. The predicted octanol–water partition coefficient (Wildman–Crippen LogP) is 4.04. The summed E-state index contributed by atoms with van der Waals surface area (Å²) in [5.74, 6) is 0. The molecule has 0 saturated heterocycles. The van der Waals surface area contributed by atoms with Crippen molar-refractivity contribution >= 4 is 0 Å². The van der Waals surface area contributed by atoms with Crippen LogP contribution in [0.25, 0.3) is 0 Å². The van der Waals surface area contributed by atoms with Crippen LogP contribution in [0, 0.1) is 6.92 Å². The third kappa shape index (κ3) is 18.6. The molecule has 21 heavy (non-hydrogen) atoms. The molecule has 0 bridgehead atoms. The number of hydrogen-bond acceptors (Lipinski definition) is 1. The first-order chi connectivity index (χ1) is 9.81. The maximum absolute atomic E-state index is 8.93. The quantitative estimate of drug-likeness (QED) is 0.379. The van der Waals surface area contributed by atoms with Crippen LogP contribution < -0.4 is 5.11 Å². The van der Waals surface area contributed by atoms with Crippen molar-refractivity contribution in [3.63, 3.8) is 0 Å².